The number of carbonyl (C=O) groups is 1. The van der Waals surface area contributed by atoms with Gasteiger partial charge in [0.15, 0.2) is 0 Å². The summed E-state index contributed by atoms with van der Waals surface area (Å²) in [5.74, 6) is -0.000702. The van der Waals surface area contributed by atoms with E-state index in [1.165, 1.54) is 0 Å². The van der Waals surface area contributed by atoms with Gasteiger partial charge >= 0.3 is 0 Å². The zero-order valence-corrected chi connectivity index (χ0v) is 15.3. The fourth-order valence-corrected chi connectivity index (χ4v) is 3.29. The normalized spacial score (nSPS) is 18.0. The Morgan fingerprint density at radius 1 is 1.23 bits per heavy atom. The second-order valence-electron chi connectivity index (χ2n) is 6.94. The molecule has 3 rings (SSSR count). The van der Waals surface area contributed by atoms with Gasteiger partial charge in [0.25, 0.3) is 11.5 Å². The maximum Gasteiger partial charge on any atom is 0.261 e. The van der Waals surface area contributed by atoms with Crippen molar-refractivity contribution < 1.29 is 9.53 Å². The summed E-state index contributed by atoms with van der Waals surface area (Å²) in [7, 11) is 4.01. The molecule has 2 aromatic rings. The molecule has 1 N–H and O–H groups in total. The van der Waals surface area contributed by atoms with Crippen molar-refractivity contribution in [2.75, 3.05) is 46.9 Å². The van der Waals surface area contributed by atoms with Crippen LogP contribution >= 0.6 is 0 Å². The van der Waals surface area contributed by atoms with Gasteiger partial charge in [0.1, 0.15) is 5.56 Å². The number of amides is 1. The van der Waals surface area contributed by atoms with Crippen LogP contribution in [0.25, 0.3) is 11.3 Å². The summed E-state index contributed by atoms with van der Waals surface area (Å²) in [6.07, 6.45) is 0. The summed E-state index contributed by atoms with van der Waals surface area (Å²) in [4.78, 5) is 32.0. The first-order valence-corrected chi connectivity index (χ1v) is 8.85. The third-order valence-electron chi connectivity index (χ3n) is 4.47. The van der Waals surface area contributed by atoms with Crippen molar-refractivity contribution in [1.82, 2.24) is 14.8 Å². The van der Waals surface area contributed by atoms with Crippen LogP contribution in [-0.2, 0) is 4.74 Å². The lowest BCUT2D eigenvalue weighted by Crippen LogP contribution is -2.40. The minimum absolute atomic E-state index is 0.176. The molecule has 0 saturated carbocycles. The van der Waals surface area contributed by atoms with Crippen LogP contribution in [0.3, 0.4) is 0 Å². The number of carbonyl (C=O) groups excluding carboxylic acids is 1. The topological polar surface area (TPSA) is 65.6 Å². The first kappa shape index (κ1) is 18.4. The van der Waals surface area contributed by atoms with Crippen molar-refractivity contribution in [2.24, 2.45) is 5.92 Å². The first-order valence-electron chi connectivity index (χ1n) is 8.85. The molecule has 1 aromatic carbocycles. The van der Waals surface area contributed by atoms with Crippen molar-refractivity contribution in [3.8, 4) is 11.3 Å². The summed E-state index contributed by atoms with van der Waals surface area (Å²) in [5, 5.41) is 0. The zero-order chi connectivity index (χ0) is 18.5. The Morgan fingerprint density at radius 2 is 2.00 bits per heavy atom. The van der Waals surface area contributed by atoms with Gasteiger partial charge in [-0.25, -0.2) is 0 Å². The fourth-order valence-electron chi connectivity index (χ4n) is 3.29. The predicted octanol–water partition coefficient (Wildman–Crippen LogP) is 1.69. The van der Waals surface area contributed by atoms with Crippen molar-refractivity contribution in [2.45, 2.75) is 0 Å². The summed E-state index contributed by atoms with van der Waals surface area (Å²) in [6, 6.07) is 13.0. The molecule has 1 unspecified atom stereocenters. The Hall–Kier alpha value is -2.44. The largest absolute Gasteiger partial charge is 0.379 e. The molecule has 1 saturated heterocycles. The summed E-state index contributed by atoms with van der Waals surface area (Å²) < 4.78 is 5.62. The Kier molecular flexibility index (Phi) is 5.85. The van der Waals surface area contributed by atoms with Crippen LogP contribution in [0.4, 0.5) is 0 Å². The first-order chi connectivity index (χ1) is 12.5. The molecule has 0 bridgehead atoms. The van der Waals surface area contributed by atoms with Crippen LogP contribution in [0.2, 0.25) is 0 Å². The molecule has 6 heteroatoms. The predicted molar refractivity (Wildman–Crippen MR) is 101 cm³/mol. The number of hydrogen-bond donors (Lipinski definition) is 1. The average Bonchev–Trinajstić information content (AvgIpc) is 2.87. The van der Waals surface area contributed by atoms with E-state index < -0.39 is 0 Å². The number of pyridine rings is 1. The molecule has 0 aliphatic carbocycles. The van der Waals surface area contributed by atoms with Crippen LogP contribution in [0.5, 0.6) is 0 Å². The zero-order valence-electron chi connectivity index (χ0n) is 15.3. The van der Waals surface area contributed by atoms with Gasteiger partial charge in [0.2, 0.25) is 0 Å². The number of aromatic amines is 1. The molecule has 1 aromatic heterocycles. The molecule has 26 heavy (non-hydrogen) atoms. The summed E-state index contributed by atoms with van der Waals surface area (Å²) in [5.41, 5.74) is 1.44. The Bertz CT molecular complexity index is 801. The van der Waals surface area contributed by atoms with Crippen molar-refractivity contribution in [3.63, 3.8) is 0 Å². The van der Waals surface area contributed by atoms with Crippen LogP contribution in [0.1, 0.15) is 10.4 Å². The monoisotopic (exact) mass is 355 g/mol. The minimum Gasteiger partial charge on any atom is -0.379 e. The molecule has 6 nitrogen and oxygen atoms in total. The SMILES string of the molecule is CN(C)CC1COCCN(C(=O)c2ccc(-c3ccccc3)[nH]c2=O)C1. The molecule has 2 heterocycles. The number of H-pyrrole nitrogens is 1. The molecule has 1 aliphatic heterocycles. The highest BCUT2D eigenvalue weighted by Gasteiger charge is 2.25. The van der Waals surface area contributed by atoms with Crippen LogP contribution in [-0.4, -0.2) is 67.6 Å². The molecule has 0 radical (unpaired) electrons. The third-order valence-corrected chi connectivity index (χ3v) is 4.47. The fraction of sp³-hybridized carbons (Fsp3) is 0.400. The Morgan fingerprint density at radius 3 is 2.69 bits per heavy atom. The number of nitrogens with one attached hydrogen (secondary N) is 1. The molecular weight excluding hydrogens is 330 g/mol. The number of hydrogen-bond acceptors (Lipinski definition) is 4. The minimum atomic E-state index is -0.356. The van der Waals surface area contributed by atoms with E-state index in [0.29, 0.717) is 32.0 Å². The lowest BCUT2D eigenvalue weighted by atomic mass is 10.1. The van der Waals surface area contributed by atoms with E-state index in [4.69, 9.17) is 4.74 Å². The van der Waals surface area contributed by atoms with Crippen molar-refractivity contribution in [1.29, 1.82) is 0 Å². The second kappa shape index (κ2) is 8.29. The van der Waals surface area contributed by atoms with E-state index in [2.05, 4.69) is 9.88 Å². The summed E-state index contributed by atoms with van der Waals surface area (Å²) >= 11 is 0. The van der Waals surface area contributed by atoms with Crippen LogP contribution in [0, 0.1) is 5.92 Å². The van der Waals surface area contributed by atoms with E-state index in [1.54, 1.807) is 17.0 Å². The van der Waals surface area contributed by atoms with E-state index in [-0.39, 0.29) is 22.9 Å². The van der Waals surface area contributed by atoms with Gasteiger partial charge in [0.05, 0.1) is 13.2 Å². The van der Waals surface area contributed by atoms with Crippen LogP contribution < -0.4 is 5.56 Å². The number of rotatable bonds is 4. The molecular formula is C20H25N3O3. The number of nitrogens with zero attached hydrogens (tertiary/aromatic N) is 2. The number of benzene rings is 1. The highest BCUT2D eigenvalue weighted by molar-refractivity contribution is 5.94. The smallest absolute Gasteiger partial charge is 0.261 e. The van der Waals surface area contributed by atoms with E-state index in [1.807, 2.05) is 44.4 Å². The molecule has 138 valence electrons. The van der Waals surface area contributed by atoms with Gasteiger partial charge in [-0.3, -0.25) is 9.59 Å². The lowest BCUT2D eigenvalue weighted by Gasteiger charge is -2.25. The highest BCUT2D eigenvalue weighted by atomic mass is 16.5. The molecule has 1 atom stereocenters. The van der Waals surface area contributed by atoms with Crippen molar-refractivity contribution >= 4 is 5.91 Å². The van der Waals surface area contributed by atoms with Crippen LogP contribution in [0.15, 0.2) is 47.3 Å². The van der Waals surface area contributed by atoms with Gasteiger partial charge in [-0.05, 0) is 31.8 Å². The maximum absolute atomic E-state index is 12.9. The van der Waals surface area contributed by atoms with Gasteiger partial charge in [0, 0.05) is 31.2 Å². The van der Waals surface area contributed by atoms with Gasteiger partial charge in [-0.15, -0.1) is 0 Å². The molecule has 1 aliphatic rings. The molecule has 1 fully saturated rings. The lowest BCUT2D eigenvalue weighted by molar-refractivity contribution is 0.0733. The highest BCUT2D eigenvalue weighted by Crippen LogP contribution is 2.16. The standard InChI is InChI=1S/C20H25N3O3/c1-22(2)12-15-13-23(10-11-26-14-15)20(25)17-8-9-18(21-19(17)24)16-6-4-3-5-7-16/h3-9,15H,10-14H2,1-2H3,(H,21,24). The van der Waals surface area contributed by atoms with E-state index in [0.717, 1.165) is 12.1 Å². The van der Waals surface area contributed by atoms with Crippen molar-refractivity contribution in [3.05, 3.63) is 58.4 Å². The van der Waals surface area contributed by atoms with E-state index >= 15 is 0 Å². The number of aromatic nitrogens is 1. The second-order valence-corrected chi connectivity index (χ2v) is 6.94. The Labute approximate surface area is 153 Å². The van der Waals surface area contributed by atoms with Gasteiger partial charge < -0.3 is 19.5 Å². The molecule has 1 amide bonds. The quantitative estimate of drug-likeness (QED) is 0.906. The summed E-state index contributed by atoms with van der Waals surface area (Å²) in [6.45, 7) is 3.06. The average molecular weight is 355 g/mol. The molecule has 0 spiro atoms. The van der Waals surface area contributed by atoms with Gasteiger partial charge in [-0.1, -0.05) is 30.3 Å². The third kappa shape index (κ3) is 4.39. The number of ether oxygens (including phenoxy) is 1. The maximum atomic E-state index is 12.9. The van der Waals surface area contributed by atoms with E-state index in [9.17, 15) is 9.59 Å². The van der Waals surface area contributed by atoms with Gasteiger partial charge in [-0.2, -0.15) is 0 Å². The Balaban J connectivity index is 1.79.